The summed E-state index contributed by atoms with van der Waals surface area (Å²) < 4.78 is 31.9. The van der Waals surface area contributed by atoms with Gasteiger partial charge < -0.3 is 9.64 Å². The molecule has 156 valence electrons. The number of ether oxygens (including phenoxy) is 1. The molecule has 0 radical (unpaired) electrons. The van der Waals surface area contributed by atoms with Gasteiger partial charge >= 0.3 is 0 Å². The van der Waals surface area contributed by atoms with Gasteiger partial charge in [-0.05, 0) is 56.0 Å². The summed E-state index contributed by atoms with van der Waals surface area (Å²) in [6, 6.07) is 11.3. The Hall–Kier alpha value is -2.54. The van der Waals surface area contributed by atoms with Gasteiger partial charge in [0.15, 0.2) is 0 Å². The predicted octanol–water partition coefficient (Wildman–Crippen LogP) is 4.20. The minimum Gasteiger partial charge on any atom is -0.493 e. The molecule has 1 aliphatic rings. The van der Waals surface area contributed by atoms with Crippen molar-refractivity contribution in [1.82, 2.24) is 0 Å². The fraction of sp³-hybridized carbons (Fsp3) is 0.409. The average Bonchev–Trinajstić information content (AvgIpc) is 2.64. The quantitative estimate of drug-likeness (QED) is 0.766. The third-order valence-electron chi connectivity index (χ3n) is 5.01. The molecule has 1 aliphatic heterocycles. The number of amides is 1. The van der Waals surface area contributed by atoms with E-state index in [9.17, 15) is 13.2 Å². The lowest BCUT2D eigenvalue weighted by Gasteiger charge is -2.36. The molecule has 2 aromatic rings. The molecule has 1 atom stereocenters. The molecule has 0 saturated heterocycles. The monoisotopic (exact) mass is 416 g/mol. The van der Waals surface area contributed by atoms with Gasteiger partial charge in [-0.3, -0.25) is 9.52 Å². The molecular formula is C22H28N2O4S. The maximum absolute atomic E-state index is 12.2. The molecule has 3 rings (SSSR count). The number of hydrogen-bond acceptors (Lipinski definition) is 4. The number of nitrogens with one attached hydrogen (secondary N) is 1. The molecule has 0 bridgehead atoms. The summed E-state index contributed by atoms with van der Waals surface area (Å²) in [7, 11) is -3.36. The Morgan fingerprint density at radius 1 is 1.28 bits per heavy atom. The molecule has 0 aromatic heterocycles. The lowest BCUT2D eigenvalue weighted by molar-refractivity contribution is -0.117. The highest BCUT2D eigenvalue weighted by Gasteiger charge is 2.29. The first-order valence-electron chi connectivity index (χ1n) is 9.88. The Morgan fingerprint density at radius 3 is 2.69 bits per heavy atom. The highest BCUT2D eigenvalue weighted by atomic mass is 32.2. The van der Waals surface area contributed by atoms with Crippen LogP contribution in [0.15, 0.2) is 36.4 Å². The number of anilines is 2. The molecule has 1 unspecified atom stereocenters. The number of carbonyl (C=O) groups excluding carboxylic acids is 1. The molecule has 1 amide bonds. The second-order valence-corrected chi connectivity index (χ2v) is 9.27. The lowest BCUT2D eigenvalue weighted by Crippen LogP contribution is -2.40. The predicted molar refractivity (Wildman–Crippen MR) is 117 cm³/mol. The van der Waals surface area contributed by atoms with Gasteiger partial charge in [-0.15, -0.1) is 0 Å². The van der Waals surface area contributed by atoms with Crippen LogP contribution in [0.5, 0.6) is 5.75 Å². The van der Waals surface area contributed by atoms with Crippen molar-refractivity contribution in [2.75, 3.05) is 22.5 Å². The second kappa shape index (κ2) is 8.45. The summed E-state index contributed by atoms with van der Waals surface area (Å²) in [5.41, 5.74) is 4.19. The van der Waals surface area contributed by atoms with Crippen LogP contribution >= 0.6 is 0 Å². The molecular weight excluding hydrogens is 388 g/mol. The van der Waals surface area contributed by atoms with E-state index in [-0.39, 0.29) is 11.9 Å². The standard InChI is InChI=1S/C22H28N2O4S/c1-5-13-28-22-19(17-7-6-8-18(14-17)23-29(4,26)27)11-12-21-20(22)10-9-15(2)24(21)16(3)25/h6-8,11-12,14-15,23H,5,9-10,13H2,1-4H3. The first-order valence-corrected chi connectivity index (χ1v) is 11.8. The summed E-state index contributed by atoms with van der Waals surface area (Å²) in [5.74, 6) is 0.797. The van der Waals surface area contributed by atoms with E-state index in [0.29, 0.717) is 12.3 Å². The largest absolute Gasteiger partial charge is 0.493 e. The van der Waals surface area contributed by atoms with Gasteiger partial charge in [0.05, 0.1) is 18.6 Å². The first-order chi connectivity index (χ1) is 13.7. The van der Waals surface area contributed by atoms with Crippen molar-refractivity contribution < 1.29 is 17.9 Å². The van der Waals surface area contributed by atoms with E-state index >= 15 is 0 Å². The molecule has 0 spiro atoms. The summed E-state index contributed by atoms with van der Waals surface area (Å²) in [6.45, 7) is 6.27. The van der Waals surface area contributed by atoms with Crippen molar-refractivity contribution in [1.29, 1.82) is 0 Å². The topological polar surface area (TPSA) is 75.7 Å². The summed E-state index contributed by atoms with van der Waals surface area (Å²) in [5, 5.41) is 0. The van der Waals surface area contributed by atoms with Crippen LogP contribution in [0, 0.1) is 0 Å². The van der Waals surface area contributed by atoms with E-state index in [2.05, 4.69) is 18.6 Å². The van der Waals surface area contributed by atoms with Crippen LogP contribution in [0.3, 0.4) is 0 Å². The highest BCUT2D eigenvalue weighted by molar-refractivity contribution is 7.92. The molecule has 29 heavy (non-hydrogen) atoms. The van der Waals surface area contributed by atoms with Gasteiger partial charge in [0, 0.05) is 29.8 Å². The SMILES string of the molecule is CCCOc1c(-c2cccc(NS(C)(=O)=O)c2)ccc2c1CCC(C)N2C(C)=O. The first kappa shape index (κ1) is 21.2. The van der Waals surface area contributed by atoms with E-state index in [1.807, 2.05) is 29.2 Å². The zero-order valence-electron chi connectivity index (χ0n) is 17.4. The van der Waals surface area contributed by atoms with Crippen LogP contribution in [0.2, 0.25) is 0 Å². The van der Waals surface area contributed by atoms with E-state index in [0.717, 1.165) is 53.6 Å². The normalized spacial score (nSPS) is 16.3. The van der Waals surface area contributed by atoms with E-state index in [4.69, 9.17) is 4.74 Å². The summed E-state index contributed by atoms with van der Waals surface area (Å²) >= 11 is 0. The number of carbonyl (C=O) groups is 1. The van der Waals surface area contributed by atoms with Crippen LogP contribution in [0.1, 0.15) is 39.2 Å². The minimum atomic E-state index is -3.36. The molecule has 1 N–H and O–H groups in total. The third kappa shape index (κ3) is 4.72. The Balaban J connectivity index is 2.13. The number of benzene rings is 2. The summed E-state index contributed by atoms with van der Waals surface area (Å²) in [4.78, 5) is 14.1. The lowest BCUT2D eigenvalue weighted by atomic mass is 9.91. The molecule has 6 nitrogen and oxygen atoms in total. The van der Waals surface area contributed by atoms with E-state index in [1.54, 1.807) is 19.1 Å². The zero-order valence-corrected chi connectivity index (χ0v) is 18.2. The van der Waals surface area contributed by atoms with Crippen LogP contribution in [0.25, 0.3) is 11.1 Å². The van der Waals surface area contributed by atoms with Crippen LogP contribution in [-0.4, -0.2) is 33.2 Å². The molecule has 7 heteroatoms. The van der Waals surface area contributed by atoms with E-state index < -0.39 is 10.0 Å². The average molecular weight is 417 g/mol. The fourth-order valence-corrected chi connectivity index (χ4v) is 4.40. The fourth-order valence-electron chi connectivity index (χ4n) is 3.85. The van der Waals surface area contributed by atoms with Gasteiger partial charge in [-0.1, -0.05) is 19.1 Å². The van der Waals surface area contributed by atoms with Crippen molar-refractivity contribution in [2.45, 2.75) is 46.1 Å². The molecule has 1 heterocycles. The maximum atomic E-state index is 12.2. The van der Waals surface area contributed by atoms with Gasteiger partial charge in [0.2, 0.25) is 15.9 Å². The van der Waals surface area contributed by atoms with Crippen molar-refractivity contribution in [3.63, 3.8) is 0 Å². The number of hydrogen-bond donors (Lipinski definition) is 1. The second-order valence-electron chi connectivity index (χ2n) is 7.52. The number of fused-ring (bicyclic) bond motifs is 1. The number of rotatable bonds is 6. The molecule has 0 saturated carbocycles. The third-order valence-corrected chi connectivity index (χ3v) is 5.62. The Labute approximate surface area is 172 Å². The number of sulfonamides is 1. The van der Waals surface area contributed by atoms with Gasteiger partial charge in [0.25, 0.3) is 0 Å². The Morgan fingerprint density at radius 2 is 2.03 bits per heavy atom. The number of nitrogens with zero attached hydrogens (tertiary/aromatic N) is 1. The van der Waals surface area contributed by atoms with Gasteiger partial charge in [0.1, 0.15) is 5.75 Å². The Kier molecular flexibility index (Phi) is 6.17. The smallest absolute Gasteiger partial charge is 0.229 e. The van der Waals surface area contributed by atoms with E-state index in [1.165, 1.54) is 0 Å². The van der Waals surface area contributed by atoms with Crippen molar-refractivity contribution in [3.8, 4) is 16.9 Å². The van der Waals surface area contributed by atoms with Crippen LogP contribution < -0.4 is 14.4 Å². The maximum Gasteiger partial charge on any atom is 0.229 e. The molecule has 0 fully saturated rings. The van der Waals surface area contributed by atoms with Crippen molar-refractivity contribution in [2.24, 2.45) is 0 Å². The van der Waals surface area contributed by atoms with Crippen molar-refractivity contribution in [3.05, 3.63) is 42.0 Å². The van der Waals surface area contributed by atoms with Gasteiger partial charge in [-0.2, -0.15) is 0 Å². The summed E-state index contributed by atoms with van der Waals surface area (Å²) in [6.07, 6.45) is 3.69. The van der Waals surface area contributed by atoms with Gasteiger partial charge in [-0.25, -0.2) is 8.42 Å². The molecule has 2 aromatic carbocycles. The minimum absolute atomic E-state index is 0.0204. The Bertz CT molecular complexity index is 1020. The van der Waals surface area contributed by atoms with Crippen molar-refractivity contribution >= 4 is 27.3 Å². The van der Waals surface area contributed by atoms with Crippen LogP contribution in [0.4, 0.5) is 11.4 Å². The van der Waals surface area contributed by atoms with Crippen LogP contribution in [-0.2, 0) is 21.2 Å². The highest BCUT2D eigenvalue weighted by Crippen LogP contribution is 2.43. The zero-order chi connectivity index (χ0) is 21.2. The molecule has 0 aliphatic carbocycles.